The van der Waals surface area contributed by atoms with Crippen molar-refractivity contribution < 1.29 is 19.5 Å². The summed E-state index contributed by atoms with van der Waals surface area (Å²) in [5, 5.41) is 14.3. The maximum Gasteiger partial charge on any atom is 0.335 e. The van der Waals surface area contributed by atoms with E-state index in [4.69, 9.17) is 5.11 Å². The fourth-order valence-electron chi connectivity index (χ4n) is 2.82. The zero-order chi connectivity index (χ0) is 16.1. The Hall–Kier alpha value is -2.37. The second-order valence-corrected chi connectivity index (χ2v) is 5.59. The highest BCUT2D eigenvalue weighted by atomic mass is 16.4. The zero-order valence-corrected chi connectivity index (χ0v) is 12.5. The Labute approximate surface area is 128 Å². The van der Waals surface area contributed by atoms with Crippen LogP contribution in [0.25, 0.3) is 0 Å². The summed E-state index contributed by atoms with van der Waals surface area (Å²) in [6.07, 6.45) is 4.00. The van der Waals surface area contributed by atoms with Gasteiger partial charge in [-0.05, 0) is 43.0 Å². The Bertz CT molecular complexity index is 562. The second-order valence-electron chi connectivity index (χ2n) is 5.59. The zero-order valence-electron chi connectivity index (χ0n) is 12.5. The van der Waals surface area contributed by atoms with Gasteiger partial charge < -0.3 is 15.7 Å². The van der Waals surface area contributed by atoms with Crippen LogP contribution in [-0.4, -0.2) is 28.9 Å². The van der Waals surface area contributed by atoms with E-state index >= 15 is 0 Å². The van der Waals surface area contributed by atoms with Crippen LogP contribution in [0.3, 0.4) is 0 Å². The van der Waals surface area contributed by atoms with Crippen LogP contribution in [0.1, 0.15) is 43.0 Å². The molecule has 2 rings (SSSR count). The van der Waals surface area contributed by atoms with E-state index in [-0.39, 0.29) is 23.3 Å². The van der Waals surface area contributed by atoms with Crippen molar-refractivity contribution in [3.05, 3.63) is 29.8 Å². The van der Waals surface area contributed by atoms with Crippen molar-refractivity contribution >= 4 is 23.5 Å². The monoisotopic (exact) mass is 304 g/mol. The SMILES string of the molecule is CC(=O)NC(C(=O)Nc1ccc(C(=O)O)cc1)C1CCCC1. The van der Waals surface area contributed by atoms with Crippen LogP contribution in [0, 0.1) is 5.92 Å². The van der Waals surface area contributed by atoms with Gasteiger partial charge in [-0.2, -0.15) is 0 Å². The molecule has 2 amide bonds. The average Bonchev–Trinajstić information content (AvgIpc) is 2.99. The maximum atomic E-state index is 12.4. The molecule has 0 radical (unpaired) electrons. The minimum atomic E-state index is -1.01. The van der Waals surface area contributed by atoms with Gasteiger partial charge in [-0.3, -0.25) is 9.59 Å². The van der Waals surface area contributed by atoms with Crippen molar-refractivity contribution in [2.75, 3.05) is 5.32 Å². The predicted molar refractivity (Wildman–Crippen MR) is 81.6 cm³/mol. The molecule has 3 N–H and O–H groups in total. The topological polar surface area (TPSA) is 95.5 Å². The van der Waals surface area contributed by atoms with E-state index in [1.807, 2.05) is 0 Å². The van der Waals surface area contributed by atoms with E-state index in [2.05, 4.69) is 10.6 Å². The van der Waals surface area contributed by atoms with Crippen LogP contribution in [0.15, 0.2) is 24.3 Å². The lowest BCUT2D eigenvalue weighted by Gasteiger charge is -2.23. The number of benzene rings is 1. The molecule has 1 saturated carbocycles. The smallest absolute Gasteiger partial charge is 0.335 e. The van der Waals surface area contributed by atoms with Gasteiger partial charge in [0.15, 0.2) is 0 Å². The summed E-state index contributed by atoms with van der Waals surface area (Å²) in [6, 6.07) is 5.41. The first-order chi connectivity index (χ1) is 10.5. The minimum Gasteiger partial charge on any atom is -0.478 e. The number of rotatable bonds is 5. The molecule has 1 aliphatic carbocycles. The highest BCUT2D eigenvalue weighted by Crippen LogP contribution is 2.28. The first kappa shape index (κ1) is 16.0. The van der Waals surface area contributed by atoms with Crippen LogP contribution >= 0.6 is 0 Å². The summed E-state index contributed by atoms with van der Waals surface area (Å²) in [5.74, 6) is -1.35. The fraction of sp³-hybridized carbons (Fsp3) is 0.438. The van der Waals surface area contributed by atoms with Crippen LogP contribution in [0.4, 0.5) is 5.69 Å². The van der Waals surface area contributed by atoms with Crippen LogP contribution in [0.5, 0.6) is 0 Å². The molecule has 1 aromatic rings. The number of carbonyl (C=O) groups excluding carboxylic acids is 2. The normalized spacial score (nSPS) is 16.0. The molecule has 0 saturated heterocycles. The fourth-order valence-corrected chi connectivity index (χ4v) is 2.82. The first-order valence-corrected chi connectivity index (χ1v) is 7.38. The summed E-state index contributed by atoms with van der Waals surface area (Å²) in [5.41, 5.74) is 0.676. The average molecular weight is 304 g/mol. The molecule has 0 spiro atoms. The number of carbonyl (C=O) groups is 3. The Morgan fingerprint density at radius 2 is 1.73 bits per heavy atom. The predicted octanol–water partition coefficient (Wildman–Crippen LogP) is 2.02. The van der Waals surface area contributed by atoms with Crippen molar-refractivity contribution in [2.24, 2.45) is 5.92 Å². The van der Waals surface area contributed by atoms with Gasteiger partial charge in [-0.25, -0.2) is 4.79 Å². The van der Waals surface area contributed by atoms with E-state index in [1.54, 1.807) is 12.1 Å². The molecule has 6 heteroatoms. The standard InChI is InChI=1S/C16H20N2O4/c1-10(19)17-14(11-4-2-3-5-11)15(20)18-13-8-6-12(7-9-13)16(21)22/h6-9,11,14H,2-5H2,1H3,(H,17,19)(H,18,20)(H,21,22). The largest absolute Gasteiger partial charge is 0.478 e. The number of aromatic carboxylic acids is 1. The lowest BCUT2D eigenvalue weighted by atomic mass is 9.97. The lowest BCUT2D eigenvalue weighted by molar-refractivity contribution is -0.126. The van der Waals surface area contributed by atoms with Gasteiger partial charge in [-0.15, -0.1) is 0 Å². The van der Waals surface area contributed by atoms with Gasteiger partial charge in [0.05, 0.1) is 5.56 Å². The number of hydrogen-bond donors (Lipinski definition) is 3. The molecule has 0 heterocycles. The molecule has 6 nitrogen and oxygen atoms in total. The van der Waals surface area contributed by atoms with Gasteiger partial charge in [0.2, 0.25) is 11.8 Å². The number of hydrogen-bond acceptors (Lipinski definition) is 3. The highest BCUT2D eigenvalue weighted by Gasteiger charge is 2.31. The molecule has 0 bridgehead atoms. The van der Waals surface area contributed by atoms with E-state index in [1.165, 1.54) is 19.1 Å². The molecule has 1 fully saturated rings. The van der Waals surface area contributed by atoms with Crippen molar-refractivity contribution in [2.45, 2.75) is 38.6 Å². The maximum absolute atomic E-state index is 12.4. The third-order valence-corrected chi connectivity index (χ3v) is 3.91. The molecule has 1 atom stereocenters. The number of nitrogens with one attached hydrogen (secondary N) is 2. The Balaban J connectivity index is 2.06. The molecule has 118 valence electrons. The molecule has 0 aliphatic heterocycles. The van der Waals surface area contributed by atoms with Crippen molar-refractivity contribution in [1.29, 1.82) is 0 Å². The molecule has 0 aromatic heterocycles. The van der Waals surface area contributed by atoms with E-state index in [0.717, 1.165) is 25.7 Å². The third-order valence-electron chi connectivity index (χ3n) is 3.91. The summed E-state index contributed by atoms with van der Waals surface area (Å²) in [4.78, 5) is 34.5. The van der Waals surface area contributed by atoms with Gasteiger partial charge in [0.25, 0.3) is 0 Å². The molecule has 1 unspecified atom stereocenters. The van der Waals surface area contributed by atoms with Gasteiger partial charge in [-0.1, -0.05) is 12.8 Å². The lowest BCUT2D eigenvalue weighted by Crippen LogP contribution is -2.47. The van der Waals surface area contributed by atoms with Crippen molar-refractivity contribution in [3.8, 4) is 0 Å². The molecule has 22 heavy (non-hydrogen) atoms. The molecule has 1 aromatic carbocycles. The van der Waals surface area contributed by atoms with Crippen LogP contribution in [-0.2, 0) is 9.59 Å². The van der Waals surface area contributed by atoms with Crippen molar-refractivity contribution in [3.63, 3.8) is 0 Å². The molecular weight excluding hydrogens is 284 g/mol. The Morgan fingerprint density at radius 3 is 2.23 bits per heavy atom. The number of amides is 2. The highest BCUT2D eigenvalue weighted by molar-refractivity contribution is 5.97. The molecular formula is C16H20N2O4. The number of carboxylic acid groups (broad SMARTS) is 1. The van der Waals surface area contributed by atoms with Crippen LogP contribution < -0.4 is 10.6 Å². The summed E-state index contributed by atoms with van der Waals surface area (Å²) in [7, 11) is 0. The van der Waals surface area contributed by atoms with E-state index in [9.17, 15) is 14.4 Å². The Morgan fingerprint density at radius 1 is 1.14 bits per heavy atom. The molecule has 1 aliphatic rings. The third kappa shape index (κ3) is 4.07. The van der Waals surface area contributed by atoms with E-state index in [0.29, 0.717) is 5.69 Å². The summed E-state index contributed by atoms with van der Waals surface area (Å²) < 4.78 is 0. The van der Waals surface area contributed by atoms with Gasteiger partial charge >= 0.3 is 5.97 Å². The van der Waals surface area contributed by atoms with Crippen molar-refractivity contribution in [1.82, 2.24) is 5.32 Å². The minimum absolute atomic E-state index is 0.155. The summed E-state index contributed by atoms with van der Waals surface area (Å²) in [6.45, 7) is 1.40. The van der Waals surface area contributed by atoms with Gasteiger partial charge in [0, 0.05) is 12.6 Å². The second kappa shape index (κ2) is 7.06. The van der Waals surface area contributed by atoms with E-state index < -0.39 is 12.0 Å². The van der Waals surface area contributed by atoms with Crippen LogP contribution in [0.2, 0.25) is 0 Å². The summed E-state index contributed by atoms with van der Waals surface area (Å²) >= 11 is 0. The number of carboxylic acids is 1. The Kier molecular flexibility index (Phi) is 5.14. The quantitative estimate of drug-likeness (QED) is 0.775. The first-order valence-electron chi connectivity index (χ1n) is 7.38. The van der Waals surface area contributed by atoms with Gasteiger partial charge in [0.1, 0.15) is 6.04 Å². The number of anilines is 1.